The van der Waals surface area contributed by atoms with E-state index in [-0.39, 0.29) is 22.3 Å². The number of anilines is 1. The van der Waals surface area contributed by atoms with Crippen molar-refractivity contribution in [1.29, 1.82) is 0 Å². The molecule has 3 heterocycles. The van der Waals surface area contributed by atoms with E-state index in [0.717, 1.165) is 31.7 Å². The van der Waals surface area contributed by atoms with Gasteiger partial charge in [0.1, 0.15) is 17.7 Å². The average molecular weight is 428 g/mol. The van der Waals surface area contributed by atoms with Crippen molar-refractivity contribution in [3.63, 3.8) is 0 Å². The van der Waals surface area contributed by atoms with Gasteiger partial charge >= 0.3 is 0 Å². The second-order valence-corrected chi connectivity index (χ2v) is 7.16. The number of ether oxygens (including phenoxy) is 1. The Kier molecular flexibility index (Phi) is 4.96. The van der Waals surface area contributed by atoms with E-state index in [9.17, 15) is 29.7 Å². The summed E-state index contributed by atoms with van der Waals surface area (Å²) in [7, 11) is 0. The quantitative estimate of drug-likeness (QED) is 0.408. The van der Waals surface area contributed by atoms with Gasteiger partial charge in [0.2, 0.25) is 11.5 Å². The molecule has 1 saturated heterocycles. The zero-order valence-corrected chi connectivity index (χ0v) is 16.3. The lowest BCUT2D eigenvalue weighted by molar-refractivity contribution is -0.184. The highest BCUT2D eigenvalue weighted by Gasteiger charge is 2.73. The molecule has 5 atom stereocenters. The number of hydrogen-bond acceptors (Lipinski definition) is 11. The predicted octanol–water partition coefficient (Wildman–Crippen LogP) is -1.45. The Morgan fingerprint density at radius 2 is 1.79 bits per heavy atom. The van der Waals surface area contributed by atoms with Crippen molar-refractivity contribution in [2.24, 2.45) is 0 Å². The first kappa shape index (κ1) is 21.2. The molecule has 0 aromatic carbocycles. The molecular formula is C16H18ClN5O7. The molecule has 1 unspecified atom stereocenters. The number of nitrogen functional groups attached to an aromatic ring is 1. The number of nitrogens with two attached hydrogens (primary N) is 1. The Morgan fingerprint density at radius 3 is 2.31 bits per heavy atom. The van der Waals surface area contributed by atoms with Crippen molar-refractivity contribution in [3.05, 3.63) is 11.5 Å². The van der Waals surface area contributed by atoms with Crippen LogP contribution in [0.3, 0.4) is 0 Å². The number of fused-ring (bicyclic) bond motifs is 1. The number of carbonyl (C=O) groups excluding carboxylic acids is 3. The molecule has 1 fully saturated rings. The minimum Gasteiger partial charge on any atom is -0.382 e. The second kappa shape index (κ2) is 6.78. The van der Waals surface area contributed by atoms with Gasteiger partial charge in [-0.3, -0.25) is 19.0 Å². The molecule has 0 spiro atoms. The number of imidazole rings is 1. The van der Waals surface area contributed by atoms with Crippen molar-refractivity contribution < 1.29 is 34.4 Å². The van der Waals surface area contributed by atoms with Crippen LogP contribution in [0.1, 0.15) is 27.0 Å². The number of aliphatic hydroxyl groups is 3. The highest BCUT2D eigenvalue weighted by atomic mass is 35.5. The lowest BCUT2D eigenvalue weighted by Crippen LogP contribution is -2.67. The van der Waals surface area contributed by atoms with E-state index in [1.807, 2.05) is 0 Å². The molecular weight excluding hydrogens is 410 g/mol. The zero-order valence-electron chi connectivity index (χ0n) is 15.5. The SMILES string of the molecule is CC(=O)C(O)[C@H]1O[C@@H](n2cnc3c(Cl)nc(N)nc32)[C@@](O)(C(C)=O)[C@@]1(O)C(C)=O. The summed E-state index contributed by atoms with van der Waals surface area (Å²) in [5.74, 6) is -3.27. The van der Waals surface area contributed by atoms with E-state index in [4.69, 9.17) is 22.1 Å². The largest absolute Gasteiger partial charge is 0.382 e. The standard InChI is InChI=1S/C16H18ClN5O7/c1-5(23)9(26)10-15(27,6(2)24)16(28,7(3)25)13(29-10)22-4-19-8-11(17)20-14(18)21-12(8)22/h4,9-10,13,26-28H,1-3H3,(H2,18,20,21)/t9?,10-,13-,15-,16+/m1/s1. The third-order valence-electron chi connectivity index (χ3n) is 5.05. The summed E-state index contributed by atoms with van der Waals surface area (Å²) in [5, 5.41) is 32.5. The van der Waals surface area contributed by atoms with Gasteiger partial charge in [-0.05, 0) is 20.8 Å². The van der Waals surface area contributed by atoms with Crippen molar-refractivity contribution in [2.75, 3.05) is 5.73 Å². The normalized spacial score (nSPS) is 30.4. The molecule has 0 aliphatic carbocycles. The lowest BCUT2D eigenvalue weighted by atomic mass is 9.73. The zero-order chi connectivity index (χ0) is 21.9. The fraction of sp³-hybridized carbons (Fsp3) is 0.500. The highest BCUT2D eigenvalue weighted by Crippen LogP contribution is 2.48. The molecule has 12 nitrogen and oxygen atoms in total. The number of Topliss-reactive ketones (excluding diaryl/α,β-unsaturated/α-hetero) is 3. The van der Waals surface area contributed by atoms with Gasteiger partial charge in [0.05, 0.1) is 6.33 Å². The van der Waals surface area contributed by atoms with Gasteiger partial charge in [0, 0.05) is 0 Å². The molecule has 0 radical (unpaired) electrons. The first-order valence-electron chi connectivity index (χ1n) is 8.33. The summed E-state index contributed by atoms with van der Waals surface area (Å²) in [5.41, 5.74) is -0.298. The Morgan fingerprint density at radius 1 is 1.21 bits per heavy atom. The number of nitrogens with zero attached hydrogens (tertiary/aromatic N) is 4. The summed E-state index contributed by atoms with van der Waals surface area (Å²) in [6, 6.07) is 0. The van der Waals surface area contributed by atoms with Crippen LogP contribution in [-0.2, 0) is 19.1 Å². The van der Waals surface area contributed by atoms with Gasteiger partial charge in [-0.25, -0.2) is 4.98 Å². The molecule has 1 aliphatic rings. The lowest BCUT2D eigenvalue weighted by Gasteiger charge is -2.37. The predicted molar refractivity (Wildman–Crippen MR) is 96.6 cm³/mol. The highest BCUT2D eigenvalue weighted by molar-refractivity contribution is 6.33. The van der Waals surface area contributed by atoms with Crippen LogP contribution in [0.5, 0.6) is 0 Å². The maximum atomic E-state index is 12.5. The van der Waals surface area contributed by atoms with E-state index in [1.165, 1.54) is 0 Å². The van der Waals surface area contributed by atoms with Gasteiger partial charge in [-0.1, -0.05) is 11.6 Å². The molecule has 0 bridgehead atoms. The monoisotopic (exact) mass is 427 g/mol. The number of carbonyl (C=O) groups is 3. The average Bonchev–Trinajstić information content (AvgIpc) is 3.13. The van der Waals surface area contributed by atoms with Crippen molar-refractivity contribution in [1.82, 2.24) is 19.5 Å². The third kappa shape index (κ3) is 2.75. The van der Waals surface area contributed by atoms with Crippen LogP contribution in [-0.4, -0.2) is 75.6 Å². The molecule has 5 N–H and O–H groups in total. The molecule has 0 saturated carbocycles. The topological polar surface area (TPSA) is 191 Å². The molecule has 13 heteroatoms. The maximum absolute atomic E-state index is 12.5. The van der Waals surface area contributed by atoms with Gasteiger partial charge in [-0.15, -0.1) is 0 Å². The van der Waals surface area contributed by atoms with Crippen LogP contribution >= 0.6 is 11.6 Å². The Labute approximate surface area is 168 Å². The summed E-state index contributed by atoms with van der Waals surface area (Å²) < 4.78 is 6.55. The van der Waals surface area contributed by atoms with Crippen molar-refractivity contribution in [3.8, 4) is 0 Å². The van der Waals surface area contributed by atoms with Crippen LogP contribution in [0.25, 0.3) is 11.2 Å². The number of aromatic nitrogens is 4. The van der Waals surface area contributed by atoms with Crippen LogP contribution in [0, 0.1) is 0 Å². The summed E-state index contributed by atoms with van der Waals surface area (Å²) in [6.07, 6.45) is -4.70. The number of aliphatic hydroxyl groups excluding tert-OH is 1. The van der Waals surface area contributed by atoms with Crippen molar-refractivity contribution in [2.45, 2.75) is 50.4 Å². The summed E-state index contributed by atoms with van der Waals surface area (Å²) in [6.45, 7) is 2.81. The molecule has 1 aliphatic heterocycles. The fourth-order valence-corrected chi connectivity index (χ4v) is 3.72. The van der Waals surface area contributed by atoms with Gasteiger partial charge in [-0.2, -0.15) is 9.97 Å². The minimum atomic E-state index is -2.95. The molecule has 29 heavy (non-hydrogen) atoms. The first-order chi connectivity index (χ1) is 13.4. The number of hydrogen-bond donors (Lipinski definition) is 4. The number of rotatable bonds is 5. The summed E-state index contributed by atoms with van der Waals surface area (Å²) >= 11 is 5.98. The first-order valence-corrected chi connectivity index (χ1v) is 8.71. The van der Waals surface area contributed by atoms with Gasteiger partial charge < -0.3 is 25.8 Å². The van der Waals surface area contributed by atoms with Gasteiger partial charge in [0.25, 0.3) is 0 Å². The number of ketones is 3. The molecule has 3 rings (SSSR count). The maximum Gasteiger partial charge on any atom is 0.223 e. The third-order valence-corrected chi connectivity index (χ3v) is 5.31. The minimum absolute atomic E-state index is 0.0392. The van der Waals surface area contributed by atoms with E-state index < -0.39 is 47.0 Å². The molecule has 0 amide bonds. The Hall–Kier alpha value is -2.51. The van der Waals surface area contributed by atoms with Crippen molar-refractivity contribution >= 4 is 46.1 Å². The van der Waals surface area contributed by atoms with E-state index in [1.54, 1.807) is 0 Å². The molecule has 2 aromatic rings. The van der Waals surface area contributed by atoms with E-state index >= 15 is 0 Å². The molecule has 2 aromatic heterocycles. The van der Waals surface area contributed by atoms with E-state index in [0.29, 0.717) is 0 Å². The Balaban J connectivity index is 2.30. The van der Waals surface area contributed by atoms with Crippen LogP contribution < -0.4 is 5.73 Å². The Bertz CT molecular complexity index is 1040. The smallest absolute Gasteiger partial charge is 0.223 e. The van der Waals surface area contributed by atoms with Crippen LogP contribution in [0.15, 0.2) is 6.33 Å². The molecule has 156 valence electrons. The van der Waals surface area contributed by atoms with Crippen LogP contribution in [0.4, 0.5) is 5.95 Å². The number of halogens is 1. The van der Waals surface area contributed by atoms with E-state index in [2.05, 4.69) is 15.0 Å². The van der Waals surface area contributed by atoms with Crippen LogP contribution in [0.2, 0.25) is 5.15 Å². The summed E-state index contributed by atoms with van der Waals surface area (Å²) in [4.78, 5) is 48.2. The van der Waals surface area contributed by atoms with Gasteiger partial charge in [0.15, 0.2) is 40.0 Å². The fourth-order valence-electron chi connectivity index (χ4n) is 3.50. The second-order valence-electron chi connectivity index (χ2n) is 6.81.